The zero-order chi connectivity index (χ0) is 13.2. The molecule has 0 saturated heterocycles. The van der Waals surface area contributed by atoms with Crippen molar-refractivity contribution in [3.8, 4) is 18.1 Å². The molecule has 0 spiro atoms. The average Bonchev–Trinajstić information content (AvgIpc) is 3.05. The number of rotatable bonds is 3. The van der Waals surface area contributed by atoms with Gasteiger partial charge in [-0.3, -0.25) is 0 Å². The van der Waals surface area contributed by atoms with E-state index in [2.05, 4.69) is 16.1 Å². The fourth-order valence-corrected chi connectivity index (χ4v) is 2.13. The molecule has 2 unspecified atom stereocenters. The molecule has 1 aromatic carbocycles. The van der Waals surface area contributed by atoms with Crippen LogP contribution in [-0.4, -0.2) is 16.7 Å². The van der Waals surface area contributed by atoms with Crippen LogP contribution in [0, 0.1) is 12.3 Å². The number of fused-ring (bicyclic) bond motifs is 1. The molecule has 0 radical (unpaired) electrons. The standard InChI is InChI=1S/C14H13N3O2/c1-2-5-11(15)14-16-13(17-19-14)10-8-18-12-7-4-3-6-9(10)12/h1,3-4,6-7,10-11H,5,8,15H2. The molecule has 0 fully saturated rings. The second kappa shape index (κ2) is 4.75. The number of benzene rings is 1. The van der Waals surface area contributed by atoms with Gasteiger partial charge in [-0.2, -0.15) is 4.98 Å². The first-order valence-electron chi connectivity index (χ1n) is 6.04. The van der Waals surface area contributed by atoms with Gasteiger partial charge in [-0.05, 0) is 6.07 Å². The molecule has 0 saturated carbocycles. The average molecular weight is 255 g/mol. The maximum atomic E-state index is 5.84. The van der Waals surface area contributed by atoms with Crippen molar-refractivity contribution in [3.63, 3.8) is 0 Å². The van der Waals surface area contributed by atoms with E-state index in [1.54, 1.807) is 0 Å². The third-order valence-electron chi connectivity index (χ3n) is 3.12. The highest BCUT2D eigenvalue weighted by molar-refractivity contribution is 5.42. The predicted molar refractivity (Wildman–Crippen MR) is 68.5 cm³/mol. The van der Waals surface area contributed by atoms with Gasteiger partial charge in [0.2, 0.25) is 5.89 Å². The van der Waals surface area contributed by atoms with Crippen LogP contribution in [0.2, 0.25) is 0 Å². The van der Waals surface area contributed by atoms with E-state index >= 15 is 0 Å². The quantitative estimate of drug-likeness (QED) is 0.843. The first-order valence-corrected chi connectivity index (χ1v) is 6.04. The van der Waals surface area contributed by atoms with Gasteiger partial charge >= 0.3 is 0 Å². The molecule has 5 nitrogen and oxygen atoms in total. The second-order valence-corrected chi connectivity index (χ2v) is 4.41. The van der Waals surface area contributed by atoms with Crippen molar-refractivity contribution in [2.75, 3.05) is 6.61 Å². The van der Waals surface area contributed by atoms with Crippen LogP contribution >= 0.6 is 0 Å². The molecule has 2 N–H and O–H groups in total. The zero-order valence-corrected chi connectivity index (χ0v) is 10.2. The third-order valence-corrected chi connectivity index (χ3v) is 3.12. The fraction of sp³-hybridized carbons (Fsp3) is 0.286. The normalized spacial score (nSPS) is 18.4. The Balaban J connectivity index is 1.87. The van der Waals surface area contributed by atoms with E-state index in [0.29, 0.717) is 24.7 Å². The van der Waals surface area contributed by atoms with E-state index in [1.165, 1.54) is 0 Å². The minimum absolute atomic E-state index is 0.00765. The second-order valence-electron chi connectivity index (χ2n) is 4.41. The van der Waals surface area contributed by atoms with Gasteiger partial charge in [0, 0.05) is 12.0 Å². The SMILES string of the molecule is C#CCC(N)c1nc(C2COc3ccccc32)no1. The highest BCUT2D eigenvalue weighted by atomic mass is 16.5. The van der Waals surface area contributed by atoms with E-state index in [0.717, 1.165) is 11.3 Å². The zero-order valence-electron chi connectivity index (χ0n) is 10.2. The van der Waals surface area contributed by atoms with Gasteiger partial charge in [0.1, 0.15) is 12.4 Å². The summed E-state index contributed by atoms with van der Waals surface area (Å²) in [6, 6.07) is 7.42. The monoisotopic (exact) mass is 255 g/mol. The van der Waals surface area contributed by atoms with Crippen molar-refractivity contribution in [2.24, 2.45) is 5.73 Å². The summed E-state index contributed by atoms with van der Waals surface area (Å²) < 4.78 is 10.8. The fourth-order valence-electron chi connectivity index (χ4n) is 2.13. The maximum absolute atomic E-state index is 5.84. The van der Waals surface area contributed by atoms with Crippen LogP contribution in [0.4, 0.5) is 0 Å². The van der Waals surface area contributed by atoms with Gasteiger partial charge in [-0.15, -0.1) is 12.3 Å². The Hall–Kier alpha value is -2.32. The van der Waals surface area contributed by atoms with Crippen molar-refractivity contribution in [1.82, 2.24) is 10.1 Å². The molecular formula is C14H13N3O2. The van der Waals surface area contributed by atoms with Crippen molar-refractivity contribution in [2.45, 2.75) is 18.4 Å². The highest BCUT2D eigenvalue weighted by Crippen LogP contribution is 2.36. The number of nitrogens with zero attached hydrogens (tertiary/aromatic N) is 2. The maximum Gasteiger partial charge on any atom is 0.244 e. The van der Waals surface area contributed by atoms with Crippen LogP contribution in [0.3, 0.4) is 0 Å². The molecule has 0 bridgehead atoms. The Kier molecular flexibility index (Phi) is 2.94. The minimum Gasteiger partial charge on any atom is -0.492 e. The van der Waals surface area contributed by atoms with E-state index < -0.39 is 6.04 Å². The molecule has 2 aromatic rings. The first-order chi connectivity index (χ1) is 9.29. The molecule has 19 heavy (non-hydrogen) atoms. The minimum atomic E-state index is -0.413. The van der Waals surface area contributed by atoms with E-state index in [9.17, 15) is 0 Å². The van der Waals surface area contributed by atoms with Crippen LogP contribution < -0.4 is 10.5 Å². The van der Waals surface area contributed by atoms with Gasteiger partial charge in [0.25, 0.3) is 0 Å². The van der Waals surface area contributed by atoms with Crippen LogP contribution in [0.15, 0.2) is 28.8 Å². The smallest absolute Gasteiger partial charge is 0.244 e. The van der Waals surface area contributed by atoms with Gasteiger partial charge in [0.15, 0.2) is 5.82 Å². The van der Waals surface area contributed by atoms with Crippen LogP contribution in [-0.2, 0) is 0 Å². The number of aromatic nitrogens is 2. The molecule has 0 aliphatic carbocycles. The third kappa shape index (κ3) is 2.07. The van der Waals surface area contributed by atoms with Crippen molar-refractivity contribution >= 4 is 0 Å². The lowest BCUT2D eigenvalue weighted by atomic mass is 10.0. The largest absolute Gasteiger partial charge is 0.492 e. The summed E-state index contributed by atoms with van der Waals surface area (Å²) >= 11 is 0. The number of hydrogen-bond donors (Lipinski definition) is 1. The molecule has 3 rings (SSSR count). The van der Waals surface area contributed by atoms with Gasteiger partial charge in [-0.25, -0.2) is 0 Å². The molecule has 1 aromatic heterocycles. The molecule has 2 heterocycles. The van der Waals surface area contributed by atoms with E-state index in [-0.39, 0.29) is 5.92 Å². The van der Waals surface area contributed by atoms with Gasteiger partial charge in [-0.1, -0.05) is 23.4 Å². The molecular weight excluding hydrogens is 242 g/mol. The van der Waals surface area contributed by atoms with Crippen molar-refractivity contribution in [1.29, 1.82) is 0 Å². The number of terminal acetylenes is 1. The summed E-state index contributed by atoms with van der Waals surface area (Å²) in [4.78, 5) is 4.33. The topological polar surface area (TPSA) is 74.2 Å². The number of nitrogens with two attached hydrogens (primary N) is 1. The summed E-state index contributed by atoms with van der Waals surface area (Å²) in [5, 5.41) is 3.99. The number of hydrogen-bond acceptors (Lipinski definition) is 5. The Bertz CT molecular complexity index is 630. The van der Waals surface area contributed by atoms with Gasteiger partial charge < -0.3 is 15.0 Å². The molecule has 2 atom stereocenters. The lowest BCUT2D eigenvalue weighted by molar-refractivity contribution is 0.328. The molecule has 96 valence electrons. The first kappa shape index (κ1) is 11.8. The Morgan fingerprint density at radius 3 is 3.16 bits per heavy atom. The lowest BCUT2D eigenvalue weighted by Crippen LogP contribution is -2.10. The van der Waals surface area contributed by atoms with Crippen LogP contribution in [0.1, 0.15) is 35.7 Å². The molecule has 5 heteroatoms. The molecule has 0 amide bonds. The van der Waals surface area contributed by atoms with Crippen LogP contribution in [0.25, 0.3) is 0 Å². The molecule has 1 aliphatic heterocycles. The molecule has 1 aliphatic rings. The Morgan fingerprint density at radius 1 is 1.47 bits per heavy atom. The summed E-state index contributed by atoms with van der Waals surface area (Å²) in [7, 11) is 0. The summed E-state index contributed by atoms with van der Waals surface area (Å²) in [6.07, 6.45) is 5.59. The number of ether oxygens (including phenoxy) is 1. The lowest BCUT2D eigenvalue weighted by Gasteiger charge is -2.02. The summed E-state index contributed by atoms with van der Waals surface area (Å²) in [6.45, 7) is 0.517. The predicted octanol–water partition coefficient (Wildman–Crippen LogP) is 1.62. The highest BCUT2D eigenvalue weighted by Gasteiger charge is 2.30. The van der Waals surface area contributed by atoms with E-state index in [1.807, 2.05) is 24.3 Å². The van der Waals surface area contributed by atoms with Crippen LogP contribution in [0.5, 0.6) is 5.75 Å². The van der Waals surface area contributed by atoms with Crippen molar-refractivity contribution in [3.05, 3.63) is 41.5 Å². The Labute approximate surface area is 110 Å². The van der Waals surface area contributed by atoms with Crippen molar-refractivity contribution < 1.29 is 9.26 Å². The summed E-state index contributed by atoms with van der Waals surface area (Å²) in [5.41, 5.74) is 6.91. The summed E-state index contributed by atoms with van der Waals surface area (Å²) in [5.74, 6) is 4.31. The van der Waals surface area contributed by atoms with E-state index in [4.69, 9.17) is 21.4 Å². The van der Waals surface area contributed by atoms with Gasteiger partial charge in [0.05, 0.1) is 12.0 Å². The number of para-hydroxylation sites is 1. The Morgan fingerprint density at radius 2 is 2.32 bits per heavy atom.